The van der Waals surface area contributed by atoms with Crippen molar-refractivity contribution >= 4 is 5.91 Å². The van der Waals surface area contributed by atoms with Crippen LogP contribution in [0.1, 0.15) is 44.1 Å². The molecule has 1 aliphatic heterocycles. The van der Waals surface area contributed by atoms with Gasteiger partial charge >= 0.3 is 0 Å². The second-order valence-electron chi connectivity index (χ2n) is 6.49. The van der Waals surface area contributed by atoms with Crippen LogP contribution in [0.15, 0.2) is 16.5 Å². The second kappa shape index (κ2) is 5.24. The predicted octanol–water partition coefficient (Wildman–Crippen LogP) is 2.47. The van der Waals surface area contributed by atoms with Gasteiger partial charge in [0, 0.05) is 11.5 Å². The third-order valence-corrected chi connectivity index (χ3v) is 4.59. The second-order valence-corrected chi connectivity index (χ2v) is 6.49. The lowest BCUT2D eigenvalue weighted by Gasteiger charge is -2.37. The van der Waals surface area contributed by atoms with Crippen molar-refractivity contribution in [2.75, 3.05) is 13.1 Å². The lowest BCUT2D eigenvalue weighted by Crippen LogP contribution is -2.48. The van der Waals surface area contributed by atoms with Gasteiger partial charge in [-0.1, -0.05) is 6.92 Å². The van der Waals surface area contributed by atoms with Crippen LogP contribution in [0.3, 0.4) is 0 Å². The molecule has 2 heterocycles. The number of rotatable bonds is 4. The molecule has 2 fully saturated rings. The summed E-state index contributed by atoms with van der Waals surface area (Å²) in [5.41, 5.74) is -0.199. The van der Waals surface area contributed by atoms with Crippen LogP contribution in [0.2, 0.25) is 0 Å². The highest BCUT2D eigenvalue weighted by Crippen LogP contribution is 2.36. The fraction of sp³-hybridized carbons (Fsp3) is 0.688. The van der Waals surface area contributed by atoms with Crippen molar-refractivity contribution in [2.45, 2.75) is 52.1 Å². The Bertz CT molecular complexity index is 484. The Morgan fingerprint density at radius 1 is 1.40 bits per heavy atom. The van der Waals surface area contributed by atoms with Crippen molar-refractivity contribution in [1.82, 2.24) is 10.2 Å². The Labute approximate surface area is 120 Å². The molecular weight excluding hydrogens is 252 g/mol. The van der Waals surface area contributed by atoms with Gasteiger partial charge in [-0.2, -0.15) is 0 Å². The van der Waals surface area contributed by atoms with Crippen LogP contribution in [-0.4, -0.2) is 29.9 Å². The lowest BCUT2D eigenvalue weighted by molar-refractivity contribution is -0.144. The molecule has 0 radical (unpaired) electrons. The molecule has 1 N–H and O–H groups in total. The van der Waals surface area contributed by atoms with Crippen LogP contribution in [0, 0.1) is 12.3 Å². The molecule has 1 aromatic rings. The maximum absolute atomic E-state index is 13.0. The number of carbonyl (C=O) groups excluding carboxylic acids is 1. The van der Waals surface area contributed by atoms with Crippen molar-refractivity contribution in [3.05, 3.63) is 23.7 Å². The van der Waals surface area contributed by atoms with E-state index in [1.165, 1.54) is 0 Å². The Morgan fingerprint density at radius 3 is 2.65 bits per heavy atom. The number of furan rings is 1. The Morgan fingerprint density at radius 2 is 2.10 bits per heavy atom. The van der Waals surface area contributed by atoms with Crippen LogP contribution in [0.5, 0.6) is 0 Å². The van der Waals surface area contributed by atoms with Crippen LogP contribution >= 0.6 is 0 Å². The summed E-state index contributed by atoms with van der Waals surface area (Å²) in [6, 6.07) is 4.39. The molecule has 0 atom stereocenters. The summed E-state index contributed by atoms with van der Waals surface area (Å²) in [5, 5.41) is 3.34. The van der Waals surface area contributed by atoms with Gasteiger partial charge in [0.2, 0.25) is 5.91 Å². The lowest BCUT2D eigenvalue weighted by atomic mass is 9.79. The number of nitrogens with one attached hydrogen (secondary N) is 1. The number of amides is 1. The fourth-order valence-corrected chi connectivity index (χ4v) is 3.03. The zero-order chi connectivity index (χ0) is 14.2. The summed E-state index contributed by atoms with van der Waals surface area (Å²) >= 11 is 0. The molecule has 0 unspecified atom stereocenters. The van der Waals surface area contributed by atoms with Crippen LogP contribution in [-0.2, 0) is 11.3 Å². The first-order valence-electron chi connectivity index (χ1n) is 7.66. The van der Waals surface area contributed by atoms with E-state index in [0.29, 0.717) is 18.5 Å². The van der Waals surface area contributed by atoms with Gasteiger partial charge in [-0.25, -0.2) is 0 Å². The number of aryl methyl sites for hydroxylation is 1. The number of piperidine rings is 1. The summed E-state index contributed by atoms with van der Waals surface area (Å²) < 4.78 is 5.66. The monoisotopic (exact) mass is 276 g/mol. The van der Waals surface area contributed by atoms with E-state index in [1.807, 2.05) is 19.1 Å². The van der Waals surface area contributed by atoms with E-state index in [-0.39, 0.29) is 5.41 Å². The maximum atomic E-state index is 13.0. The molecule has 2 aliphatic rings. The van der Waals surface area contributed by atoms with Crippen LogP contribution < -0.4 is 5.32 Å². The van der Waals surface area contributed by atoms with E-state index in [1.54, 1.807) is 0 Å². The first-order valence-corrected chi connectivity index (χ1v) is 7.66. The first-order chi connectivity index (χ1) is 9.58. The van der Waals surface area contributed by atoms with Crippen molar-refractivity contribution in [1.29, 1.82) is 0 Å². The van der Waals surface area contributed by atoms with Gasteiger partial charge in [-0.3, -0.25) is 4.79 Å². The zero-order valence-corrected chi connectivity index (χ0v) is 12.4. The fourth-order valence-electron chi connectivity index (χ4n) is 3.03. The molecule has 4 heteroatoms. The highest BCUT2D eigenvalue weighted by molar-refractivity contribution is 5.83. The van der Waals surface area contributed by atoms with Gasteiger partial charge in [0.15, 0.2) is 0 Å². The average molecular weight is 276 g/mol. The smallest absolute Gasteiger partial charge is 0.229 e. The molecule has 0 spiro atoms. The van der Waals surface area contributed by atoms with Crippen molar-refractivity contribution in [2.24, 2.45) is 5.41 Å². The SMILES string of the molecule is Cc1ccc(CN(C(=O)C2(C)CCNCC2)C2CC2)o1. The molecule has 20 heavy (non-hydrogen) atoms. The molecular formula is C16H24N2O2. The van der Waals surface area contributed by atoms with E-state index in [0.717, 1.165) is 50.3 Å². The van der Waals surface area contributed by atoms with Crippen molar-refractivity contribution in [3.8, 4) is 0 Å². The molecule has 1 amide bonds. The molecule has 0 bridgehead atoms. The summed E-state index contributed by atoms with van der Waals surface area (Å²) in [5.74, 6) is 2.13. The molecule has 1 saturated heterocycles. The molecule has 1 saturated carbocycles. The molecule has 4 nitrogen and oxygen atoms in total. The average Bonchev–Trinajstić information content (AvgIpc) is 3.19. The summed E-state index contributed by atoms with van der Waals surface area (Å²) in [6.07, 6.45) is 4.15. The van der Waals surface area contributed by atoms with Crippen molar-refractivity contribution < 1.29 is 9.21 Å². The summed E-state index contributed by atoms with van der Waals surface area (Å²) in [6.45, 7) is 6.58. The minimum Gasteiger partial charge on any atom is -0.464 e. The normalized spacial score (nSPS) is 21.7. The van der Waals surface area contributed by atoms with E-state index in [4.69, 9.17) is 4.42 Å². The van der Waals surface area contributed by atoms with Gasteiger partial charge in [0.05, 0.1) is 6.54 Å². The van der Waals surface area contributed by atoms with Gasteiger partial charge in [0.1, 0.15) is 11.5 Å². The van der Waals surface area contributed by atoms with Gasteiger partial charge < -0.3 is 14.6 Å². The number of hydrogen-bond donors (Lipinski definition) is 1. The highest BCUT2D eigenvalue weighted by Gasteiger charge is 2.42. The van der Waals surface area contributed by atoms with E-state index in [2.05, 4.69) is 17.1 Å². The van der Waals surface area contributed by atoms with E-state index >= 15 is 0 Å². The largest absolute Gasteiger partial charge is 0.464 e. The summed E-state index contributed by atoms with van der Waals surface area (Å²) in [7, 11) is 0. The van der Waals surface area contributed by atoms with E-state index in [9.17, 15) is 4.79 Å². The van der Waals surface area contributed by atoms with Crippen LogP contribution in [0.4, 0.5) is 0 Å². The van der Waals surface area contributed by atoms with Gasteiger partial charge in [0.25, 0.3) is 0 Å². The Balaban J connectivity index is 1.74. The van der Waals surface area contributed by atoms with Crippen molar-refractivity contribution in [3.63, 3.8) is 0 Å². The third-order valence-electron chi connectivity index (χ3n) is 4.59. The first kappa shape index (κ1) is 13.7. The summed E-state index contributed by atoms with van der Waals surface area (Å²) in [4.78, 5) is 15.0. The van der Waals surface area contributed by atoms with E-state index < -0.39 is 0 Å². The molecule has 1 aliphatic carbocycles. The minimum absolute atomic E-state index is 0.199. The molecule has 3 rings (SSSR count). The number of nitrogens with zero attached hydrogens (tertiary/aromatic N) is 1. The maximum Gasteiger partial charge on any atom is 0.229 e. The standard InChI is InChI=1S/C16H24N2O2/c1-12-3-6-14(20-12)11-18(13-4-5-13)15(19)16(2)7-9-17-10-8-16/h3,6,13,17H,4-5,7-11H2,1-2H3. The molecule has 0 aromatic carbocycles. The third kappa shape index (κ3) is 2.75. The Hall–Kier alpha value is -1.29. The molecule has 1 aromatic heterocycles. The quantitative estimate of drug-likeness (QED) is 0.919. The van der Waals surface area contributed by atoms with Gasteiger partial charge in [-0.15, -0.1) is 0 Å². The van der Waals surface area contributed by atoms with Crippen LogP contribution in [0.25, 0.3) is 0 Å². The topological polar surface area (TPSA) is 45.5 Å². The Kier molecular flexibility index (Phi) is 3.59. The molecule has 110 valence electrons. The van der Waals surface area contributed by atoms with Gasteiger partial charge in [-0.05, 0) is 57.8 Å². The predicted molar refractivity (Wildman–Crippen MR) is 77.2 cm³/mol. The number of carbonyl (C=O) groups is 1. The zero-order valence-electron chi connectivity index (χ0n) is 12.4. The minimum atomic E-state index is -0.199. The highest BCUT2D eigenvalue weighted by atomic mass is 16.3. The number of hydrogen-bond acceptors (Lipinski definition) is 3.